The van der Waals surface area contributed by atoms with Crippen LogP contribution >= 0.6 is 7.82 Å². The van der Waals surface area contributed by atoms with Crippen LogP contribution < -0.4 is 0 Å². The maximum absolute atomic E-state index is 10.5. The van der Waals surface area contributed by atoms with Gasteiger partial charge in [-0.25, -0.2) is 4.57 Å². The molecule has 0 heterocycles. The molecule has 1 atom stereocenters. The number of hydrogen-bond acceptors (Lipinski definition) is 3. The molecule has 0 fully saturated rings. The predicted molar refractivity (Wildman–Crippen MR) is 87.5 cm³/mol. The number of phosphoric acid groups is 1. The summed E-state index contributed by atoms with van der Waals surface area (Å²) in [6.45, 7) is 4.21. The van der Waals surface area contributed by atoms with Crippen LogP contribution in [0.25, 0.3) is 0 Å². The third-order valence-corrected chi connectivity index (χ3v) is 3.71. The van der Waals surface area contributed by atoms with E-state index in [-0.39, 0.29) is 51.4 Å². The van der Waals surface area contributed by atoms with Gasteiger partial charge in [0.2, 0.25) is 0 Å². The first kappa shape index (κ1) is 25.0. The van der Waals surface area contributed by atoms with Crippen molar-refractivity contribution in [2.24, 2.45) is 0 Å². The monoisotopic (exact) mass is 350 g/mol. The van der Waals surface area contributed by atoms with E-state index in [2.05, 4.69) is 11.4 Å². The summed E-state index contributed by atoms with van der Waals surface area (Å²) in [5, 5.41) is 0. The normalized spacial score (nSPS) is 13.0. The molecule has 0 rings (SSSR count). The third kappa shape index (κ3) is 21.7. The Kier molecular flexibility index (Phi) is 19.7. The first-order valence-corrected chi connectivity index (χ1v) is 9.34. The Hall–Kier alpha value is 1.71. The van der Waals surface area contributed by atoms with Gasteiger partial charge in [-0.2, -0.15) is 0 Å². The Labute approximate surface area is 172 Å². The molecule has 0 radical (unpaired) electrons. The molecule has 0 aromatic rings. The van der Waals surface area contributed by atoms with Crippen LogP contribution in [-0.4, -0.2) is 74.1 Å². The van der Waals surface area contributed by atoms with Crippen molar-refractivity contribution in [3.8, 4) is 0 Å². The van der Waals surface area contributed by atoms with Gasteiger partial charge >= 0.3 is 59.2 Å². The molecule has 0 spiro atoms. The molecule has 0 saturated carbocycles. The summed E-state index contributed by atoms with van der Waals surface area (Å²) in [4.78, 5) is 17.1. The second kappa shape index (κ2) is 16.6. The minimum atomic E-state index is -4.43. The summed E-state index contributed by atoms with van der Waals surface area (Å²) in [6.07, 6.45) is 11.6. The summed E-state index contributed by atoms with van der Waals surface area (Å²) in [6, 6.07) is 0. The van der Waals surface area contributed by atoms with E-state index < -0.39 is 14.1 Å². The molecular formula is C14H32KO5P. The van der Waals surface area contributed by atoms with Crippen LogP contribution in [0, 0.1) is 0 Å². The number of unbranched alkanes of at least 4 members (excludes halogenated alkanes) is 9. The van der Waals surface area contributed by atoms with Crippen LogP contribution in [-0.2, 0) is 13.8 Å². The van der Waals surface area contributed by atoms with E-state index in [0.29, 0.717) is 6.61 Å². The van der Waals surface area contributed by atoms with Crippen LogP contribution in [0.3, 0.4) is 0 Å². The van der Waals surface area contributed by atoms with Crippen LogP contribution in [0.5, 0.6) is 0 Å². The van der Waals surface area contributed by atoms with Gasteiger partial charge in [0.15, 0.2) is 6.29 Å². The summed E-state index contributed by atoms with van der Waals surface area (Å²) in [5.74, 6) is 0. The van der Waals surface area contributed by atoms with E-state index in [9.17, 15) is 4.57 Å². The first-order chi connectivity index (χ1) is 9.45. The molecule has 0 aliphatic carbocycles. The summed E-state index contributed by atoms with van der Waals surface area (Å²) in [5.41, 5.74) is 0. The Morgan fingerprint density at radius 1 is 0.905 bits per heavy atom. The quantitative estimate of drug-likeness (QED) is 0.216. The summed E-state index contributed by atoms with van der Waals surface area (Å²) < 4.78 is 20.1. The SMILES string of the molecule is CCCCCCCCCCCCOC(C)OP(=O)(O)O.[KH]. The topological polar surface area (TPSA) is 76.0 Å². The van der Waals surface area contributed by atoms with Crippen molar-refractivity contribution in [3.63, 3.8) is 0 Å². The molecule has 0 amide bonds. The van der Waals surface area contributed by atoms with E-state index in [1.54, 1.807) is 0 Å². The Morgan fingerprint density at radius 2 is 1.33 bits per heavy atom. The molecule has 124 valence electrons. The van der Waals surface area contributed by atoms with Gasteiger partial charge in [-0.05, 0) is 13.3 Å². The van der Waals surface area contributed by atoms with E-state index in [1.165, 1.54) is 58.3 Å². The van der Waals surface area contributed by atoms with Crippen molar-refractivity contribution >= 4 is 59.2 Å². The average Bonchev–Trinajstić information content (AvgIpc) is 2.34. The summed E-state index contributed by atoms with van der Waals surface area (Å²) >= 11 is 0. The molecule has 2 N–H and O–H groups in total. The fourth-order valence-electron chi connectivity index (χ4n) is 2.06. The number of rotatable bonds is 14. The Balaban J connectivity index is 0. The maximum atomic E-state index is 10.5. The van der Waals surface area contributed by atoms with Gasteiger partial charge in [0.05, 0.1) is 0 Å². The van der Waals surface area contributed by atoms with Crippen molar-refractivity contribution in [2.75, 3.05) is 6.61 Å². The fourth-order valence-corrected chi connectivity index (χ4v) is 2.51. The molecule has 5 nitrogen and oxygen atoms in total. The van der Waals surface area contributed by atoms with E-state index in [1.807, 2.05) is 0 Å². The van der Waals surface area contributed by atoms with Gasteiger partial charge in [0, 0.05) is 6.61 Å². The molecule has 1 unspecified atom stereocenters. The molecule has 21 heavy (non-hydrogen) atoms. The van der Waals surface area contributed by atoms with Crippen molar-refractivity contribution in [1.29, 1.82) is 0 Å². The van der Waals surface area contributed by atoms with Crippen LogP contribution in [0.15, 0.2) is 0 Å². The van der Waals surface area contributed by atoms with Gasteiger partial charge in [-0.1, -0.05) is 64.7 Å². The Morgan fingerprint density at radius 3 is 1.76 bits per heavy atom. The molecule has 0 aliphatic rings. The van der Waals surface area contributed by atoms with Gasteiger partial charge < -0.3 is 14.5 Å². The predicted octanol–water partition coefficient (Wildman–Crippen LogP) is 3.73. The molecule has 7 heteroatoms. The minimum absolute atomic E-state index is 0. The zero-order chi connectivity index (χ0) is 15.3. The molecule has 0 aromatic heterocycles. The zero-order valence-corrected chi connectivity index (χ0v) is 13.8. The van der Waals surface area contributed by atoms with E-state index in [0.717, 1.165) is 12.8 Å². The molecule has 0 aromatic carbocycles. The zero-order valence-electron chi connectivity index (χ0n) is 12.9. The van der Waals surface area contributed by atoms with Crippen molar-refractivity contribution in [3.05, 3.63) is 0 Å². The molecule has 0 saturated heterocycles. The van der Waals surface area contributed by atoms with Gasteiger partial charge in [0.1, 0.15) is 0 Å². The second-order valence-electron chi connectivity index (χ2n) is 5.22. The molecule has 0 aliphatic heterocycles. The number of ether oxygens (including phenoxy) is 1. The van der Waals surface area contributed by atoms with Crippen molar-refractivity contribution in [2.45, 2.75) is 84.3 Å². The number of hydrogen-bond donors (Lipinski definition) is 2. The van der Waals surface area contributed by atoms with Crippen LogP contribution in [0.4, 0.5) is 0 Å². The second-order valence-corrected chi connectivity index (χ2v) is 6.41. The van der Waals surface area contributed by atoms with E-state index >= 15 is 0 Å². The molecule has 0 bridgehead atoms. The Bertz CT molecular complexity index is 260. The third-order valence-electron chi connectivity index (χ3n) is 3.14. The van der Waals surface area contributed by atoms with Gasteiger partial charge in [-0.3, -0.25) is 4.52 Å². The summed E-state index contributed by atoms with van der Waals surface area (Å²) in [7, 11) is -4.43. The first-order valence-electron chi connectivity index (χ1n) is 7.81. The fraction of sp³-hybridized carbons (Fsp3) is 1.00. The van der Waals surface area contributed by atoms with E-state index in [4.69, 9.17) is 14.5 Å². The van der Waals surface area contributed by atoms with Gasteiger partial charge in [0.25, 0.3) is 0 Å². The number of phosphoric ester groups is 1. The van der Waals surface area contributed by atoms with Crippen LogP contribution in [0.1, 0.15) is 78.1 Å². The van der Waals surface area contributed by atoms with Crippen LogP contribution in [0.2, 0.25) is 0 Å². The molecular weight excluding hydrogens is 318 g/mol. The average molecular weight is 350 g/mol. The van der Waals surface area contributed by atoms with Crippen molar-refractivity contribution in [1.82, 2.24) is 0 Å². The van der Waals surface area contributed by atoms with Crippen molar-refractivity contribution < 1.29 is 23.6 Å². The van der Waals surface area contributed by atoms with Gasteiger partial charge in [-0.15, -0.1) is 0 Å². The standard InChI is InChI=1S/C14H31O5P.K.H/c1-3-4-5-6-7-8-9-10-11-12-13-18-14(2)19-20(15,16)17;;/h14H,3-13H2,1-2H3,(H2,15,16,17);;.